The van der Waals surface area contributed by atoms with Crippen molar-refractivity contribution in [2.45, 2.75) is 25.3 Å². The Labute approximate surface area is 156 Å². The normalized spacial score (nSPS) is 22.6. The molecule has 1 fully saturated rings. The van der Waals surface area contributed by atoms with Gasteiger partial charge in [0.15, 0.2) is 11.3 Å². The molecule has 1 spiro atoms. The Kier molecular flexibility index (Phi) is 4.54. The van der Waals surface area contributed by atoms with Crippen LogP contribution in [0, 0.1) is 8.48 Å². The number of rotatable bonds is 4. The Morgan fingerprint density at radius 3 is 2.60 bits per heavy atom. The average Bonchev–Trinajstić information content (AvgIpc) is 3.07. The third-order valence-electron chi connectivity index (χ3n) is 4.03. The number of hydrogen-bond donors (Lipinski definition) is 0. The van der Waals surface area contributed by atoms with Gasteiger partial charge in [0.05, 0.1) is 24.0 Å². The predicted octanol–water partition coefficient (Wildman–Crippen LogP) is 1.60. The van der Waals surface area contributed by atoms with E-state index in [1.165, 1.54) is 0 Å². The van der Waals surface area contributed by atoms with Crippen LogP contribution in [-0.2, 0) is 19.1 Å². The molecule has 0 aromatic heterocycles. The molecule has 0 aliphatic carbocycles. The highest BCUT2D eigenvalue weighted by Gasteiger charge is 2.61. The van der Waals surface area contributed by atoms with E-state index < -0.39 is 23.3 Å². The fourth-order valence-electron chi connectivity index (χ4n) is 2.89. The van der Waals surface area contributed by atoms with Crippen LogP contribution in [-0.4, -0.2) is 40.8 Å². The summed E-state index contributed by atoms with van der Waals surface area (Å²) < 4.78 is 5.80. The minimum Gasteiger partial charge on any atom is -0.461 e. The summed E-state index contributed by atoms with van der Waals surface area (Å²) in [5.41, 5.74) is -1.32. The number of esters is 1. The second-order valence-electron chi connectivity index (χ2n) is 5.53. The summed E-state index contributed by atoms with van der Waals surface area (Å²) in [4.78, 5) is 49.5. The van der Waals surface area contributed by atoms with Gasteiger partial charge in [-0.05, 0) is 53.8 Å². The lowest BCUT2D eigenvalue weighted by atomic mass is 9.92. The number of hydrogen-bond acceptors (Lipinski definition) is 7. The van der Waals surface area contributed by atoms with Crippen LogP contribution in [0.25, 0.3) is 0 Å². The van der Waals surface area contributed by atoms with Crippen molar-refractivity contribution in [1.29, 1.82) is 0 Å². The van der Waals surface area contributed by atoms with Gasteiger partial charge >= 0.3 is 5.97 Å². The van der Waals surface area contributed by atoms with E-state index in [9.17, 15) is 19.3 Å². The monoisotopic (exact) mass is 456 g/mol. The maximum absolute atomic E-state index is 13.0. The van der Waals surface area contributed by atoms with Crippen LogP contribution in [0.2, 0.25) is 0 Å². The third-order valence-corrected chi connectivity index (χ3v) is 4.74. The highest BCUT2D eigenvalue weighted by molar-refractivity contribution is 14.1. The molecule has 9 nitrogen and oxygen atoms in total. The molecule has 2 heterocycles. The van der Waals surface area contributed by atoms with Crippen molar-refractivity contribution in [2.24, 2.45) is 10.4 Å². The molecule has 0 saturated carbocycles. The van der Waals surface area contributed by atoms with Gasteiger partial charge in [-0.15, -0.1) is 15.1 Å². The first kappa shape index (κ1) is 17.5. The van der Waals surface area contributed by atoms with Gasteiger partial charge < -0.3 is 4.74 Å². The summed E-state index contributed by atoms with van der Waals surface area (Å²) in [6.07, 6.45) is -0.501. The van der Waals surface area contributed by atoms with E-state index in [1.807, 2.05) is 0 Å². The van der Waals surface area contributed by atoms with Crippen LogP contribution >= 0.6 is 22.6 Å². The Balaban J connectivity index is 1.94. The van der Waals surface area contributed by atoms with Crippen molar-refractivity contribution in [3.8, 4) is 0 Å². The summed E-state index contributed by atoms with van der Waals surface area (Å²) in [5, 5.41) is 7.13. The van der Waals surface area contributed by atoms with Crippen LogP contribution in [0.4, 0.5) is 5.69 Å². The van der Waals surface area contributed by atoms with E-state index >= 15 is 0 Å². The predicted molar refractivity (Wildman–Crippen MR) is 95.3 cm³/mol. The number of hydrazone groups is 1. The zero-order valence-corrected chi connectivity index (χ0v) is 15.3. The van der Waals surface area contributed by atoms with Gasteiger partial charge in [-0.3, -0.25) is 9.59 Å². The zero-order chi connectivity index (χ0) is 18.2. The van der Waals surface area contributed by atoms with E-state index in [-0.39, 0.29) is 25.2 Å². The van der Waals surface area contributed by atoms with E-state index in [0.717, 1.165) is 8.47 Å². The molecule has 10 heteroatoms. The van der Waals surface area contributed by atoms with E-state index in [4.69, 9.17) is 4.74 Å². The quantitative estimate of drug-likeness (QED) is 0.295. The first-order valence-corrected chi connectivity index (χ1v) is 8.52. The van der Waals surface area contributed by atoms with Gasteiger partial charge in [0.2, 0.25) is 5.91 Å². The first-order valence-electron chi connectivity index (χ1n) is 7.44. The number of nitroso groups, excluding NO2 is 1. The van der Waals surface area contributed by atoms with Crippen LogP contribution in [0.15, 0.2) is 34.7 Å². The number of anilines is 1. The molecule has 2 amide bonds. The SMILES string of the molecule is CCOC(=O)C1=NN(N=O)C2(CC(=O)N(c3ccc(I)cc3)C2=O)C1. The topological polar surface area (TPSA) is 109 Å². The molecule has 3 rings (SSSR count). The Morgan fingerprint density at radius 1 is 1.32 bits per heavy atom. The lowest BCUT2D eigenvalue weighted by molar-refractivity contribution is -0.135. The number of amides is 2. The number of carbonyl (C=O) groups excluding carboxylic acids is 3. The fraction of sp³-hybridized carbons (Fsp3) is 0.333. The summed E-state index contributed by atoms with van der Waals surface area (Å²) in [5.74, 6) is -1.86. The number of ether oxygens (including phenoxy) is 1. The van der Waals surface area contributed by atoms with Crippen molar-refractivity contribution < 1.29 is 19.1 Å². The molecule has 1 aromatic carbocycles. The second kappa shape index (κ2) is 6.50. The number of nitrogens with zero attached hydrogens (tertiary/aromatic N) is 4. The van der Waals surface area contributed by atoms with Crippen molar-refractivity contribution in [3.63, 3.8) is 0 Å². The summed E-state index contributed by atoms with van der Waals surface area (Å²) in [6.45, 7) is 1.75. The minimum atomic E-state index is -1.61. The highest BCUT2D eigenvalue weighted by Crippen LogP contribution is 2.40. The number of benzene rings is 1. The van der Waals surface area contributed by atoms with E-state index in [0.29, 0.717) is 10.8 Å². The number of imide groups is 1. The lowest BCUT2D eigenvalue weighted by Crippen LogP contribution is -2.48. The van der Waals surface area contributed by atoms with Crippen LogP contribution < -0.4 is 4.90 Å². The molecule has 0 N–H and O–H groups in total. The molecule has 130 valence electrons. The van der Waals surface area contributed by atoms with Crippen molar-refractivity contribution in [1.82, 2.24) is 5.12 Å². The van der Waals surface area contributed by atoms with Gasteiger partial charge in [0, 0.05) is 9.99 Å². The van der Waals surface area contributed by atoms with E-state index in [2.05, 4.69) is 33.0 Å². The van der Waals surface area contributed by atoms with Crippen LogP contribution in [0.5, 0.6) is 0 Å². The first-order chi connectivity index (χ1) is 11.9. The molecule has 2 aliphatic heterocycles. The molecule has 1 aromatic rings. The standard InChI is InChI=1S/C15H13IN4O5/c1-2-25-13(22)11-7-15(20(17-11)18-24)8-12(21)19(14(15)23)10-5-3-9(16)4-6-10/h3-6H,2,7-8H2,1H3. The number of carbonyl (C=O) groups is 3. The lowest BCUT2D eigenvalue weighted by Gasteiger charge is -2.24. The molecule has 0 bridgehead atoms. The van der Waals surface area contributed by atoms with Gasteiger partial charge in [0.25, 0.3) is 5.91 Å². The maximum Gasteiger partial charge on any atom is 0.354 e. The maximum atomic E-state index is 13.0. The smallest absolute Gasteiger partial charge is 0.354 e. The second-order valence-corrected chi connectivity index (χ2v) is 6.78. The molecular formula is C15H13IN4O5. The average molecular weight is 456 g/mol. The zero-order valence-electron chi connectivity index (χ0n) is 13.1. The molecular weight excluding hydrogens is 443 g/mol. The van der Waals surface area contributed by atoms with Gasteiger partial charge in [-0.2, -0.15) is 0 Å². The Hall–Kier alpha value is -2.37. The van der Waals surface area contributed by atoms with Crippen molar-refractivity contribution in [2.75, 3.05) is 11.5 Å². The molecule has 2 aliphatic rings. The molecule has 1 atom stereocenters. The number of halogens is 1. The Morgan fingerprint density at radius 2 is 2.00 bits per heavy atom. The molecule has 25 heavy (non-hydrogen) atoms. The van der Waals surface area contributed by atoms with Crippen molar-refractivity contribution >= 4 is 51.8 Å². The molecule has 1 saturated heterocycles. The molecule has 1 unspecified atom stereocenters. The summed E-state index contributed by atoms with van der Waals surface area (Å²) in [7, 11) is 0. The van der Waals surface area contributed by atoms with Crippen LogP contribution in [0.1, 0.15) is 19.8 Å². The van der Waals surface area contributed by atoms with Gasteiger partial charge in [-0.1, -0.05) is 0 Å². The third kappa shape index (κ3) is 2.79. The van der Waals surface area contributed by atoms with E-state index in [1.54, 1.807) is 31.2 Å². The van der Waals surface area contributed by atoms with Crippen LogP contribution in [0.3, 0.4) is 0 Å². The highest BCUT2D eigenvalue weighted by atomic mass is 127. The largest absolute Gasteiger partial charge is 0.461 e. The van der Waals surface area contributed by atoms with Crippen molar-refractivity contribution in [3.05, 3.63) is 32.7 Å². The minimum absolute atomic E-state index is 0.105. The summed E-state index contributed by atoms with van der Waals surface area (Å²) in [6, 6.07) is 6.79. The fourth-order valence-corrected chi connectivity index (χ4v) is 3.25. The molecule has 0 radical (unpaired) electrons. The van der Waals surface area contributed by atoms with Gasteiger partial charge in [0.1, 0.15) is 0 Å². The van der Waals surface area contributed by atoms with Gasteiger partial charge in [-0.25, -0.2) is 9.69 Å². The summed E-state index contributed by atoms with van der Waals surface area (Å²) >= 11 is 2.11. The Bertz CT molecular complexity index is 794.